The molecule has 0 aliphatic heterocycles. The fourth-order valence-corrected chi connectivity index (χ4v) is 2.09. The lowest BCUT2D eigenvalue weighted by Crippen LogP contribution is -2.03. The first-order chi connectivity index (χ1) is 10.7. The first kappa shape index (κ1) is 13.1. The van der Waals surface area contributed by atoms with E-state index in [1.165, 1.54) is 6.20 Å². The van der Waals surface area contributed by atoms with Crippen LogP contribution in [0.3, 0.4) is 0 Å². The Balaban J connectivity index is 1.51. The lowest BCUT2D eigenvalue weighted by molar-refractivity contribution is 0.457. The first-order valence-corrected chi connectivity index (χ1v) is 6.87. The summed E-state index contributed by atoms with van der Waals surface area (Å²) in [6.07, 6.45) is 3.62. The van der Waals surface area contributed by atoms with Crippen molar-refractivity contribution in [3.05, 3.63) is 41.7 Å². The van der Waals surface area contributed by atoms with Gasteiger partial charge in [-0.2, -0.15) is 0 Å². The average molecular weight is 303 g/mol. The summed E-state index contributed by atoms with van der Waals surface area (Å²) >= 11 is 0. The van der Waals surface area contributed by atoms with Crippen LogP contribution in [0.15, 0.2) is 22.7 Å². The van der Waals surface area contributed by atoms with E-state index in [2.05, 4.69) is 25.5 Å². The number of anilines is 1. The monoisotopic (exact) mass is 303 g/mol. The maximum Gasteiger partial charge on any atom is 0.235 e. The highest BCUT2D eigenvalue weighted by molar-refractivity contribution is 5.75. The third-order valence-corrected chi connectivity index (χ3v) is 3.41. The summed E-state index contributed by atoms with van der Waals surface area (Å²) < 4.78 is 31.8. The van der Waals surface area contributed by atoms with Crippen LogP contribution < -0.4 is 5.32 Å². The van der Waals surface area contributed by atoms with Crippen LogP contribution in [0.2, 0.25) is 0 Å². The summed E-state index contributed by atoms with van der Waals surface area (Å²) in [6.45, 7) is 0.295. The van der Waals surface area contributed by atoms with Gasteiger partial charge < -0.3 is 9.73 Å². The van der Waals surface area contributed by atoms with Gasteiger partial charge >= 0.3 is 0 Å². The van der Waals surface area contributed by atoms with Gasteiger partial charge in [0.1, 0.15) is 5.82 Å². The highest BCUT2D eigenvalue weighted by Crippen LogP contribution is 2.39. The van der Waals surface area contributed by atoms with Crippen molar-refractivity contribution >= 4 is 16.9 Å². The lowest BCUT2D eigenvalue weighted by Gasteiger charge is -2.04. The molecule has 6 nitrogen and oxygen atoms in total. The Morgan fingerprint density at radius 2 is 1.91 bits per heavy atom. The van der Waals surface area contributed by atoms with Gasteiger partial charge in [-0.25, -0.2) is 13.8 Å². The third-order valence-electron chi connectivity index (χ3n) is 3.41. The Morgan fingerprint density at radius 3 is 2.68 bits per heavy atom. The van der Waals surface area contributed by atoms with Crippen molar-refractivity contribution in [3.63, 3.8) is 0 Å². The van der Waals surface area contributed by atoms with Crippen molar-refractivity contribution in [3.8, 4) is 0 Å². The number of hydrogen-bond acceptors (Lipinski definition) is 6. The minimum absolute atomic E-state index is 0.271. The summed E-state index contributed by atoms with van der Waals surface area (Å²) in [5.41, 5.74) is 0.561. The minimum Gasteiger partial charge on any atom is -0.423 e. The number of aromatic nitrogens is 4. The maximum atomic E-state index is 13.2. The molecule has 0 bridgehead atoms. The van der Waals surface area contributed by atoms with Crippen LogP contribution in [0.5, 0.6) is 0 Å². The topological polar surface area (TPSA) is 76.7 Å². The third kappa shape index (κ3) is 2.47. The number of benzene rings is 1. The molecule has 1 fully saturated rings. The van der Waals surface area contributed by atoms with Gasteiger partial charge in [0.05, 0.1) is 23.8 Å². The van der Waals surface area contributed by atoms with Gasteiger partial charge in [0.25, 0.3) is 0 Å². The highest BCUT2D eigenvalue weighted by Gasteiger charge is 2.29. The van der Waals surface area contributed by atoms with Crippen LogP contribution in [-0.4, -0.2) is 20.2 Å². The second-order valence-electron chi connectivity index (χ2n) is 5.17. The van der Waals surface area contributed by atoms with Gasteiger partial charge in [-0.1, -0.05) is 0 Å². The molecule has 0 spiro atoms. The van der Waals surface area contributed by atoms with E-state index in [0.717, 1.165) is 25.0 Å². The molecule has 4 rings (SSSR count). The molecule has 1 aliphatic rings. The molecule has 112 valence electrons. The predicted octanol–water partition coefficient (Wildman–Crippen LogP) is 2.78. The van der Waals surface area contributed by atoms with Crippen LogP contribution in [0.25, 0.3) is 11.0 Å². The Hall–Kier alpha value is -2.64. The zero-order chi connectivity index (χ0) is 15.1. The maximum absolute atomic E-state index is 13.2. The average Bonchev–Trinajstić information content (AvgIpc) is 3.25. The van der Waals surface area contributed by atoms with Gasteiger partial charge in [-0.15, -0.1) is 10.2 Å². The van der Waals surface area contributed by atoms with E-state index in [-0.39, 0.29) is 5.52 Å². The van der Waals surface area contributed by atoms with Crippen molar-refractivity contribution in [2.45, 2.75) is 25.3 Å². The second-order valence-corrected chi connectivity index (χ2v) is 5.17. The molecule has 0 unspecified atom stereocenters. The zero-order valence-corrected chi connectivity index (χ0v) is 11.4. The SMILES string of the molecule is Fc1cc2ncc(NCc3nnc(C4CC4)o3)nc2cc1F. The summed E-state index contributed by atoms with van der Waals surface area (Å²) in [5, 5.41) is 10.9. The van der Waals surface area contributed by atoms with E-state index in [1.54, 1.807) is 0 Å². The van der Waals surface area contributed by atoms with Crippen LogP contribution in [0.1, 0.15) is 30.5 Å². The number of fused-ring (bicyclic) bond motifs is 1. The number of nitrogens with zero attached hydrogens (tertiary/aromatic N) is 4. The quantitative estimate of drug-likeness (QED) is 0.798. The van der Waals surface area contributed by atoms with Gasteiger partial charge in [0, 0.05) is 18.1 Å². The molecule has 1 aliphatic carbocycles. The number of halogens is 2. The fourth-order valence-electron chi connectivity index (χ4n) is 2.09. The van der Waals surface area contributed by atoms with Crippen molar-refractivity contribution in [2.24, 2.45) is 0 Å². The van der Waals surface area contributed by atoms with Crippen LogP contribution in [0, 0.1) is 11.6 Å². The molecular formula is C14H11F2N5O. The van der Waals surface area contributed by atoms with Crippen molar-refractivity contribution in [1.82, 2.24) is 20.2 Å². The summed E-state index contributed by atoms with van der Waals surface area (Å²) in [4.78, 5) is 8.22. The van der Waals surface area contributed by atoms with Crippen LogP contribution >= 0.6 is 0 Å². The smallest absolute Gasteiger partial charge is 0.235 e. The standard InChI is InChI=1S/C14H11F2N5O/c15-8-3-10-11(4-9(8)16)19-12(5-17-10)18-6-13-20-21-14(22-13)7-1-2-7/h3-5,7H,1-2,6H2,(H,18,19). The highest BCUT2D eigenvalue weighted by atomic mass is 19.2. The Bertz CT molecular complexity index is 846. The molecule has 0 saturated heterocycles. The Kier molecular flexibility index (Phi) is 2.95. The molecule has 0 atom stereocenters. The lowest BCUT2D eigenvalue weighted by atomic mass is 10.3. The number of nitrogens with one attached hydrogen (secondary N) is 1. The number of hydrogen-bond donors (Lipinski definition) is 1. The van der Waals surface area contributed by atoms with Crippen molar-refractivity contribution in [2.75, 3.05) is 5.32 Å². The Labute approximate surface area is 123 Å². The molecular weight excluding hydrogens is 292 g/mol. The largest absolute Gasteiger partial charge is 0.423 e. The van der Waals surface area contributed by atoms with E-state index in [4.69, 9.17) is 4.42 Å². The first-order valence-electron chi connectivity index (χ1n) is 6.87. The summed E-state index contributed by atoms with van der Waals surface area (Å²) in [6, 6.07) is 2.03. The minimum atomic E-state index is -0.954. The zero-order valence-electron chi connectivity index (χ0n) is 11.4. The fraction of sp³-hybridized carbons (Fsp3) is 0.286. The van der Waals surface area contributed by atoms with E-state index in [1.807, 2.05) is 0 Å². The second kappa shape index (κ2) is 4.97. The molecule has 0 amide bonds. The van der Waals surface area contributed by atoms with Gasteiger partial charge in [0.15, 0.2) is 11.6 Å². The molecule has 2 heterocycles. The summed E-state index contributed by atoms with van der Waals surface area (Å²) in [5.74, 6) is 0.0446. The molecule has 1 saturated carbocycles. The van der Waals surface area contributed by atoms with E-state index in [9.17, 15) is 8.78 Å². The van der Waals surface area contributed by atoms with Crippen molar-refractivity contribution < 1.29 is 13.2 Å². The molecule has 1 N–H and O–H groups in total. The van der Waals surface area contributed by atoms with Crippen molar-refractivity contribution in [1.29, 1.82) is 0 Å². The number of rotatable bonds is 4. The molecule has 0 radical (unpaired) electrons. The van der Waals surface area contributed by atoms with E-state index in [0.29, 0.717) is 35.6 Å². The molecule has 2 aromatic heterocycles. The molecule has 1 aromatic carbocycles. The molecule has 8 heteroatoms. The van der Waals surface area contributed by atoms with Crippen LogP contribution in [-0.2, 0) is 6.54 Å². The van der Waals surface area contributed by atoms with Gasteiger partial charge in [-0.05, 0) is 12.8 Å². The van der Waals surface area contributed by atoms with Crippen LogP contribution in [0.4, 0.5) is 14.6 Å². The van der Waals surface area contributed by atoms with E-state index >= 15 is 0 Å². The van der Waals surface area contributed by atoms with Gasteiger partial charge in [0.2, 0.25) is 11.8 Å². The summed E-state index contributed by atoms with van der Waals surface area (Å²) in [7, 11) is 0. The van der Waals surface area contributed by atoms with E-state index < -0.39 is 11.6 Å². The normalized spacial score (nSPS) is 14.5. The Morgan fingerprint density at radius 1 is 1.14 bits per heavy atom. The van der Waals surface area contributed by atoms with Gasteiger partial charge in [-0.3, -0.25) is 4.98 Å². The molecule has 22 heavy (non-hydrogen) atoms. The predicted molar refractivity (Wildman–Crippen MR) is 73.1 cm³/mol. The molecule has 3 aromatic rings.